The van der Waals surface area contributed by atoms with E-state index >= 15 is 0 Å². The number of para-hydroxylation sites is 1. The van der Waals surface area contributed by atoms with E-state index in [4.69, 9.17) is 20.8 Å². The molecule has 0 aliphatic carbocycles. The first-order chi connectivity index (χ1) is 13.7. The number of halogens is 1. The number of hydrogen-bond acceptors (Lipinski definition) is 4. The van der Waals surface area contributed by atoms with E-state index in [1.54, 1.807) is 13.3 Å². The van der Waals surface area contributed by atoms with Gasteiger partial charge in [-0.1, -0.05) is 35.9 Å². The second-order valence-electron chi connectivity index (χ2n) is 6.72. The first-order valence-electron chi connectivity index (χ1n) is 9.33. The number of benzene rings is 2. The lowest BCUT2D eigenvalue weighted by Crippen LogP contribution is -2.36. The van der Waals surface area contributed by atoms with Crippen molar-refractivity contribution in [3.8, 4) is 17.1 Å². The lowest BCUT2D eigenvalue weighted by atomic mass is 10.0. The van der Waals surface area contributed by atoms with E-state index in [0.29, 0.717) is 36.1 Å². The highest BCUT2D eigenvalue weighted by molar-refractivity contribution is 6.33. The summed E-state index contributed by atoms with van der Waals surface area (Å²) in [6.45, 7) is 0.697. The smallest absolute Gasteiger partial charge is 0.227 e. The number of anilines is 1. The first-order valence-corrected chi connectivity index (χ1v) is 9.71. The Morgan fingerprint density at radius 1 is 1.25 bits per heavy atom. The summed E-state index contributed by atoms with van der Waals surface area (Å²) in [6, 6.07) is 13.4. The zero-order chi connectivity index (χ0) is 19.5. The van der Waals surface area contributed by atoms with Crippen LogP contribution in [0.3, 0.4) is 0 Å². The van der Waals surface area contributed by atoms with Gasteiger partial charge in [0.2, 0.25) is 5.91 Å². The van der Waals surface area contributed by atoms with E-state index in [1.165, 1.54) is 0 Å². The summed E-state index contributed by atoms with van der Waals surface area (Å²) < 4.78 is 11.3. The van der Waals surface area contributed by atoms with Gasteiger partial charge in [-0.25, -0.2) is 4.98 Å². The third-order valence-corrected chi connectivity index (χ3v) is 5.28. The zero-order valence-corrected chi connectivity index (χ0v) is 16.4. The molecule has 0 fully saturated rings. The Balaban J connectivity index is 1.47. The molecule has 0 radical (unpaired) electrons. The van der Waals surface area contributed by atoms with Gasteiger partial charge in [0.15, 0.2) is 11.7 Å². The molecule has 0 N–H and O–H groups in total. The summed E-state index contributed by atoms with van der Waals surface area (Å²) in [5.41, 5.74) is 2.84. The summed E-state index contributed by atoms with van der Waals surface area (Å²) in [4.78, 5) is 19.1. The molecule has 5 nitrogen and oxygen atoms in total. The van der Waals surface area contributed by atoms with Crippen LogP contribution >= 0.6 is 11.6 Å². The van der Waals surface area contributed by atoms with Crippen LogP contribution in [-0.4, -0.2) is 24.5 Å². The highest BCUT2D eigenvalue weighted by Gasteiger charge is 2.26. The molecular formula is C22H21ClN2O3. The molecule has 0 unspecified atom stereocenters. The Morgan fingerprint density at radius 3 is 2.93 bits per heavy atom. The SMILES string of the molecule is COc1cccc2c1N(C(=O)CCc1ncc(-c3ccccc3Cl)o1)CCC2. The van der Waals surface area contributed by atoms with E-state index in [2.05, 4.69) is 11.1 Å². The monoisotopic (exact) mass is 396 g/mol. The fourth-order valence-electron chi connectivity index (χ4n) is 3.59. The second-order valence-corrected chi connectivity index (χ2v) is 7.12. The van der Waals surface area contributed by atoms with Crippen molar-refractivity contribution < 1.29 is 13.9 Å². The molecule has 0 saturated heterocycles. The summed E-state index contributed by atoms with van der Waals surface area (Å²) in [5.74, 6) is 1.92. The number of aryl methyl sites for hydroxylation is 2. The number of methoxy groups -OCH3 is 1. The fourth-order valence-corrected chi connectivity index (χ4v) is 3.82. The van der Waals surface area contributed by atoms with E-state index in [-0.39, 0.29) is 5.91 Å². The standard InChI is InChI=1S/C22H21ClN2O3/c1-27-18-10-4-6-15-7-5-13-25(22(15)18)21(26)12-11-20-24-14-19(28-20)16-8-2-3-9-17(16)23/h2-4,6,8-10,14H,5,7,11-13H2,1H3. The molecule has 0 atom stereocenters. The molecule has 0 bridgehead atoms. The topological polar surface area (TPSA) is 55.6 Å². The fraction of sp³-hybridized carbons (Fsp3) is 0.273. The van der Waals surface area contributed by atoms with Crippen molar-refractivity contribution in [2.45, 2.75) is 25.7 Å². The average Bonchev–Trinajstić information content (AvgIpc) is 3.20. The zero-order valence-electron chi connectivity index (χ0n) is 15.7. The summed E-state index contributed by atoms with van der Waals surface area (Å²) in [6.07, 6.45) is 4.31. The van der Waals surface area contributed by atoms with Crippen LogP contribution in [0.4, 0.5) is 5.69 Å². The van der Waals surface area contributed by atoms with Crippen molar-refractivity contribution in [3.05, 3.63) is 65.1 Å². The van der Waals surface area contributed by atoms with E-state index in [1.807, 2.05) is 41.3 Å². The van der Waals surface area contributed by atoms with Gasteiger partial charge in [-0.15, -0.1) is 0 Å². The van der Waals surface area contributed by atoms with Crippen LogP contribution < -0.4 is 9.64 Å². The van der Waals surface area contributed by atoms with Crippen LogP contribution in [-0.2, 0) is 17.6 Å². The van der Waals surface area contributed by atoms with Gasteiger partial charge in [0, 0.05) is 24.9 Å². The van der Waals surface area contributed by atoms with Crippen LogP contribution in [0.1, 0.15) is 24.3 Å². The van der Waals surface area contributed by atoms with Gasteiger partial charge in [0.05, 0.1) is 24.0 Å². The number of carbonyl (C=O) groups is 1. The Bertz CT molecular complexity index is 985. The number of amides is 1. The number of rotatable bonds is 5. The Labute approximate surface area is 168 Å². The number of aromatic nitrogens is 1. The molecule has 1 aliphatic rings. The molecule has 3 aromatic rings. The third kappa shape index (κ3) is 3.62. The number of ether oxygens (including phenoxy) is 1. The normalized spacial score (nSPS) is 13.3. The molecule has 1 aromatic heterocycles. The lowest BCUT2D eigenvalue weighted by Gasteiger charge is -2.30. The minimum atomic E-state index is 0.0444. The summed E-state index contributed by atoms with van der Waals surface area (Å²) in [5, 5.41) is 0.610. The summed E-state index contributed by atoms with van der Waals surface area (Å²) in [7, 11) is 1.63. The number of hydrogen-bond donors (Lipinski definition) is 0. The molecular weight excluding hydrogens is 376 g/mol. The Hall–Kier alpha value is -2.79. The predicted molar refractivity (Wildman–Crippen MR) is 109 cm³/mol. The van der Waals surface area contributed by atoms with Gasteiger partial charge in [-0.2, -0.15) is 0 Å². The van der Waals surface area contributed by atoms with Crippen molar-refractivity contribution in [3.63, 3.8) is 0 Å². The molecule has 0 spiro atoms. The van der Waals surface area contributed by atoms with Crippen LogP contribution in [0.25, 0.3) is 11.3 Å². The summed E-state index contributed by atoms with van der Waals surface area (Å²) >= 11 is 6.21. The largest absolute Gasteiger partial charge is 0.495 e. The molecule has 0 saturated carbocycles. The predicted octanol–water partition coefficient (Wildman–Crippen LogP) is 4.92. The van der Waals surface area contributed by atoms with Crippen molar-refractivity contribution >= 4 is 23.2 Å². The van der Waals surface area contributed by atoms with Crippen molar-refractivity contribution in [1.29, 1.82) is 0 Å². The number of nitrogens with zero attached hydrogens (tertiary/aromatic N) is 2. The molecule has 2 aromatic carbocycles. The van der Waals surface area contributed by atoms with Crippen LogP contribution in [0, 0.1) is 0 Å². The van der Waals surface area contributed by atoms with Crippen molar-refractivity contribution in [2.75, 3.05) is 18.6 Å². The van der Waals surface area contributed by atoms with Gasteiger partial charge < -0.3 is 14.1 Å². The van der Waals surface area contributed by atoms with Gasteiger partial charge >= 0.3 is 0 Å². The Kier molecular flexibility index (Phi) is 5.35. The van der Waals surface area contributed by atoms with Crippen molar-refractivity contribution in [1.82, 2.24) is 4.98 Å². The highest BCUT2D eigenvalue weighted by atomic mass is 35.5. The average molecular weight is 397 g/mol. The first kappa shape index (κ1) is 18.6. The second kappa shape index (κ2) is 8.07. The van der Waals surface area contributed by atoms with Crippen LogP contribution in [0.5, 0.6) is 5.75 Å². The maximum absolute atomic E-state index is 12.9. The quantitative estimate of drug-likeness (QED) is 0.614. The molecule has 4 rings (SSSR count). The molecule has 2 heterocycles. The van der Waals surface area contributed by atoms with Crippen LogP contribution in [0.2, 0.25) is 5.02 Å². The van der Waals surface area contributed by atoms with Gasteiger partial charge in [0.1, 0.15) is 5.75 Å². The number of oxazole rings is 1. The van der Waals surface area contributed by atoms with E-state index in [9.17, 15) is 4.79 Å². The molecule has 6 heteroatoms. The molecule has 144 valence electrons. The Morgan fingerprint density at radius 2 is 2.11 bits per heavy atom. The van der Waals surface area contributed by atoms with Crippen molar-refractivity contribution in [2.24, 2.45) is 0 Å². The minimum Gasteiger partial charge on any atom is -0.495 e. The number of fused-ring (bicyclic) bond motifs is 1. The van der Waals surface area contributed by atoms with Gasteiger partial charge in [0.25, 0.3) is 0 Å². The molecule has 1 aliphatic heterocycles. The van der Waals surface area contributed by atoms with Gasteiger partial charge in [-0.3, -0.25) is 4.79 Å². The minimum absolute atomic E-state index is 0.0444. The van der Waals surface area contributed by atoms with Crippen LogP contribution in [0.15, 0.2) is 53.1 Å². The lowest BCUT2D eigenvalue weighted by molar-refractivity contribution is -0.118. The van der Waals surface area contributed by atoms with E-state index in [0.717, 1.165) is 35.4 Å². The highest BCUT2D eigenvalue weighted by Crippen LogP contribution is 2.36. The molecule has 28 heavy (non-hydrogen) atoms. The molecule has 1 amide bonds. The maximum Gasteiger partial charge on any atom is 0.227 e. The van der Waals surface area contributed by atoms with Gasteiger partial charge in [-0.05, 0) is 36.6 Å². The third-order valence-electron chi connectivity index (χ3n) is 4.95. The number of carbonyl (C=O) groups excluding carboxylic acids is 1. The maximum atomic E-state index is 12.9. The van der Waals surface area contributed by atoms with E-state index < -0.39 is 0 Å².